The van der Waals surface area contributed by atoms with Crippen LogP contribution in [0.2, 0.25) is 0 Å². The third kappa shape index (κ3) is 3.82. The number of hydrogen-bond acceptors (Lipinski definition) is 2. The summed E-state index contributed by atoms with van der Waals surface area (Å²) in [4.78, 5) is 26.3. The second-order valence-electron chi connectivity index (χ2n) is 7.40. The van der Waals surface area contributed by atoms with Gasteiger partial charge in [-0.3, -0.25) is 9.59 Å². The molecule has 3 fully saturated rings. The van der Waals surface area contributed by atoms with Gasteiger partial charge in [0.1, 0.15) is 0 Å². The first-order chi connectivity index (χ1) is 10.7. The lowest BCUT2D eigenvalue weighted by atomic mass is 9.97. The summed E-state index contributed by atoms with van der Waals surface area (Å²) in [6.45, 7) is 1.76. The molecule has 3 rings (SSSR count). The van der Waals surface area contributed by atoms with Gasteiger partial charge in [-0.1, -0.05) is 25.7 Å². The Labute approximate surface area is 134 Å². The van der Waals surface area contributed by atoms with Gasteiger partial charge in [-0.15, -0.1) is 0 Å². The Kier molecular flexibility index (Phi) is 5.37. The van der Waals surface area contributed by atoms with Crippen molar-refractivity contribution in [2.24, 2.45) is 11.8 Å². The Morgan fingerprint density at radius 2 is 1.64 bits per heavy atom. The van der Waals surface area contributed by atoms with Crippen LogP contribution < -0.4 is 5.32 Å². The van der Waals surface area contributed by atoms with Crippen LogP contribution in [0.3, 0.4) is 0 Å². The normalized spacial score (nSPS) is 31.6. The predicted molar refractivity (Wildman–Crippen MR) is 86.3 cm³/mol. The third-order valence-corrected chi connectivity index (χ3v) is 5.95. The van der Waals surface area contributed by atoms with Crippen molar-refractivity contribution in [3.05, 3.63) is 0 Å². The lowest BCUT2D eigenvalue weighted by Crippen LogP contribution is -2.38. The first kappa shape index (κ1) is 15.8. The second-order valence-corrected chi connectivity index (χ2v) is 7.40. The van der Waals surface area contributed by atoms with Crippen LogP contribution in [0.5, 0.6) is 0 Å². The Hall–Kier alpha value is -1.06. The second kappa shape index (κ2) is 7.47. The van der Waals surface area contributed by atoms with E-state index in [1.54, 1.807) is 0 Å². The number of likely N-dealkylation sites (tertiary alicyclic amines) is 1. The van der Waals surface area contributed by atoms with Crippen molar-refractivity contribution in [2.75, 3.05) is 13.1 Å². The molecule has 1 heterocycles. The van der Waals surface area contributed by atoms with Crippen LogP contribution in [0, 0.1) is 11.8 Å². The number of carbonyl (C=O) groups excluding carboxylic acids is 2. The summed E-state index contributed by atoms with van der Waals surface area (Å²) in [5.74, 6) is 1.82. The van der Waals surface area contributed by atoms with Crippen molar-refractivity contribution in [1.29, 1.82) is 0 Å². The Bertz CT molecular complexity index is 402. The Morgan fingerprint density at radius 3 is 2.41 bits per heavy atom. The van der Waals surface area contributed by atoms with Crippen molar-refractivity contribution < 1.29 is 9.59 Å². The van der Waals surface area contributed by atoms with Gasteiger partial charge < -0.3 is 10.2 Å². The highest BCUT2D eigenvalue weighted by molar-refractivity contribution is 5.84. The topological polar surface area (TPSA) is 49.4 Å². The standard InChI is InChI=1S/C18H30N2O2/c21-17(19-16-9-8-14-6-5-7-15(14)16)10-11-18(22)20-12-3-1-2-4-13-20/h14-16H,1-13H2,(H,19,21). The van der Waals surface area contributed by atoms with Crippen LogP contribution in [0.25, 0.3) is 0 Å². The molecule has 3 atom stereocenters. The molecule has 2 amide bonds. The van der Waals surface area contributed by atoms with E-state index < -0.39 is 0 Å². The van der Waals surface area contributed by atoms with Crippen LogP contribution in [-0.4, -0.2) is 35.8 Å². The van der Waals surface area contributed by atoms with E-state index in [9.17, 15) is 9.59 Å². The molecule has 0 aromatic rings. The van der Waals surface area contributed by atoms with Gasteiger partial charge in [-0.25, -0.2) is 0 Å². The average molecular weight is 306 g/mol. The molecule has 0 radical (unpaired) electrons. The highest BCUT2D eigenvalue weighted by Crippen LogP contribution is 2.43. The third-order valence-electron chi connectivity index (χ3n) is 5.95. The summed E-state index contributed by atoms with van der Waals surface area (Å²) >= 11 is 0. The molecule has 0 spiro atoms. The number of nitrogens with zero attached hydrogens (tertiary/aromatic N) is 1. The van der Waals surface area contributed by atoms with E-state index >= 15 is 0 Å². The monoisotopic (exact) mass is 306 g/mol. The molecular formula is C18H30N2O2. The molecular weight excluding hydrogens is 276 g/mol. The molecule has 4 nitrogen and oxygen atoms in total. The number of rotatable bonds is 4. The zero-order valence-corrected chi connectivity index (χ0v) is 13.7. The molecule has 3 aliphatic rings. The maximum absolute atomic E-state index is 12.2. The van der Waals surface area contributed by atoms with Gasteiger partial charge in [0, 0.05) is 32.0 Å². The maximum Gasteiger partial charge on any atom is 0.223 e. The van der Waals surface area contributed by atoms with Gasteiger partial charge in [0.2, 0.25) is 11.8 Å². The zero-order valence-electron chi connectivity index (χ0n) is 13.7. The Balaban J connectivity index is 1.39. The predicted octanol–water partition coefficient (Wildman–Crippen LogP) is 2.86. The Morgan fingerprint density at radius 1 is 0.864 bits per heavy atom. The summed E-state index contributed by atoms with van der Waals surface area (Å²) < 4.78 is 0. The average Bonchev–Trinajstić information content (AvgIpc) is 3.01. The smallest absolute Gasteiger partial charge is 0.223 e. The molecule has 0 aromatic carbocycles. The molecule has 3 unspecified atom stereocenters. The number of amides is 2. The minimum absolute atomic E-state index is 0.0840. The molecule has 0 aromatic heterocycles. The quantitative estimate of drug-likeness (QED) is 0.868. The van der Waals surface area contributed by atoms with Crippen LogP contribution in [0.4, 0.5) is 0 Å². The van der Waals surface area contributed by atoms with E-state index in [-0.39, 0.29) is 11.8 Å². The van der Waals surface area contributed by atoms with Gasteiger partial charge in [0.25, 0.3) is 0 Å². The van der Waals surface area contributed by atoms with Crippen LogP contribution >= 0.6 is 0 Å². The summed E-state index contributed by atoms with van der Waals surface area (Å²) in [5, 5.41) is 3.21. The summed E-state index contributed by atoms with van der Waals surface area (Å²) in [6.07, 6.45) is 11.8. The first-order valence-electron chi connectivity index (χ1n) is 9.31. The van der Waals surface area contributed by atoms with Crippen LogP contribution in [-0.2, 0) is 9.59 Å². The minimum Gasteiger partial charge on any atom is -0.353 e. The fraction of sp³-hybridized carbons (Fsp3) is 0.889. The van der Waals surface area contributed by atoms with Gasteiger partial charge in [-0.2, -0.15) is 0 Å². The molecule has 22 heavy (non-hydrogen) atoms. The zero-order chi connectivity index (χ0) is 15.4. The van der Waals surface area contributed by atoms with E-state index in [1.807, 2.05) is 4.90 Å². The van der Waals surface area contributed by atoms with Crippen molar-refractivity contribution in [2.45, 2.75) is 76.7 Å². The molecule has 0 bridgehead atoms. The van der Waals surface area contributed by atoms with Gasteiger partial charge >= 0.3 is 0 Å². The highest BCUT2D eigenvalue weighted by Gasteiger charge is 2.39. The van der Waals surface area contributed by atoms with Gasteiger partial charge in [-0.05, 0) is 43.9 Å². The lowest BCUT2D eigenvalue weighted by Gasteiger charge is -2.22. The maximum atomic E-state index is 12.2. The number of nitrogens with one attached hydrogen (secondary N) is 1. The van der Waals surface area contributed by atoms with Crippen molar-refractivity contribution in [3.8, 4) is 0 Å². The molecule has 4 heteroatoms. The molecule has 1 saturated heterocycles. The van der Waals surface area contributed by atoms with Crippen molar-refractivity contribution >= 4 is 11.8 Å². The first-order valence-corrected chi connectivity index (χ1v) is 9.31. The SMILES string of the molecule is O=C(CCC(=O)N1CCCCCC1)NC1CCC2CCCC21. The van der Waals surface area contributed by atoms with E-state index in [4.69, 9.17) is 0 Å². The minimum atomic E-state index is 0.0840. The number of carbonyl (C=O) groups is 2. The lowest BCUT2D eigenvalue weighted by molar-refractivity contribution is -0.133. The number of hydrogen-bond donors (Lipinski definition) is 1. The fourth-order valence-electron chi connectivity index (χ4n) is 4.72. The summed E-state index contributed by atoms with van der Waals surface area (Å²) in [6, 6.07) is 0.383. The highest BCUT2D eigenvalue weighted by atomic mass is 16.2. The number of fused-ring (bicyclic) bond motifs is 1. The van der Waals surface area contributed by atoms with Crippen LogP contribution in [0.1, 0.15) is 70.6 Å². The molecule has 1 N–H and O–H groups in total. The van der Waals surface area contributed by atoms with Crippen LogP contribution in [0.15, 0.2) is 0 Å². The van der Waals surface area contributed by atoms with Crippen molar-refractivity contribution in [3.63, 3.8) is 0 Å². The summed E-state index contributed by atoms with van der Waals surface area (Å²) in [7, 11) is 0. The molecule has 124 valence electrons. The van der Waals surface area contributed by atoms with Gasteiger partial charge in [0.15, 0.2) is 0 Å². The van der Waals surface area contributed by atoms with E-state index in [1.165, 1.54) is 38.5 Å². The van der Waals surface area contributed by atoms with E-state index in [0.717, 1.165) is 38.3 Å². The molecule has 1 aliphatic heterocycles. The van der Waals surface area contributed by atoms with Crippen molar-refractivity contribution in [1.82, 2.24) is 10.2 Å². The largest absolute Gasteiger partial charge is 0.353 e. The molecule has 2 aliphatic carbocycles. The van der Waals surface area contributed by atoms with Gasteiger partial charge in [0.05, 0.1) is 0 Å². The molecule has 2 saturated carbocycles. The summed E-state index contributed by atoms with van der Waals surface area (Å²) in [5.41, 5.74) is 0. The van der Waals surface area contributed by atoms with E-state index in [2.05, 4.69) is 5.32 Å². The fourth-order valence-corrected chi connectivity index (χ4v) is 4.72. The van der Waals surface area contributed by atoms with E-state index in [0.29, 0.717) is 24.8 Å².